The van der Waals surface area contributed by atoms with Gasteiger partial charge in [0.05, 0.1) is 11.7 Å². The Balaban J connectivity index is 1.63. The number of ether oxygens (including phenoxy) is 2. The summed E-state index contributed by atoms with van der Waals surface area (Å²) in [5, 5.41) is 26.6. The van der Waals surface area contributed by atoms with E-state index in [1.54, 1.807) is 6.07 Å². The van der Waals surface area contributed by atoms with E-state index in [0.717, 1.165) is 38.6 Å². The van der Waals surface area contributed by atoms with Gasteiger partial charge in [-0.25, -0.2) is 0 Å². The van der Waals surface area contributed by atoms with Gasteiger partial charge in [-0.15, -0.1) is 0 Å². The van der Waals surface area contributed by atoms with E-state index < -0.39 is 5.60 Å². The van der Waals surface area contributed by atoms with Crippen LogP contribution in [0.3, 0.4) is 0 Å². The standard InChI is InChI=1S/C26H37NO4/c1-23(2,3)24(4,29)16-13-25-9-8-15(16)20(30-5)22-26(25)10-11-27-18(25)12-14-6-7-17(28)21(31-22)19(14)26/h6-7,15-16,18,20,22,27-29H,8-13H2,1-5H3/t15-,16+,18-,20?,22+,24+,25-,26?/m1/s1. The second-order valence-corrected chi connectivity index (χ2v) is 12.2. The van der Waals surface area contributed by atoms with Gasteiger partial charge in [-0.2, -0.15) is 0 Å². The maximum Gasteiger partial charge on any atom is 0.165 e. The molecular formula is C26H37NO4. The van der Waals surface area contributed by atoms with E-state index in [0.29, 0.717) is 11.8 Å². The molecule has 0 aromatic heterocycles. The van der Waals surface area contributed by atoms with Crippen LogP contribution in [0.4, 0.5) is 0 Å². The van der Waals surface area contributed by atoms with Crippen molar-refractivity contribution in [2.45, 2.75) is 89.1 Å². The van der Waals surface area contributed by atoms with Gasteiger partial charge in [-0.1, -0.05) is 26.8 Å². The third-order valence-corrected chi connectivity index (χ3v) is 10.5. The molecule has 4 bridgehead atoms. The van der Waals surface area contributed by atoms with Gasteiger partial charge in [0.1, 0.15) is 6.10 Å². The SMILES string of the molecule is COC1[C@@H]2CC[C@@]3(C[C@@H]2[C@](C)(O)C(C)(C)C)[C@H]2Cc4ccc(O)c5c4C3(CCN2)[C@H]1O5. The first-order valence-corrected chi connectivity index (χ1v) is 12.1. The van der Waals surface area contributed by atoms with Crippen molar-refractivity contribution in [3.05, 3.63) is 23.3 Å². The summed E-state index contributed by atoms with van der Waals surface area (Å²) in [6.07, 6.45) is 4.91. The molecule has 4 fully saturated rings. The highest BCUT2D eigenvalue weighted by molar-refractivity contribution is 5.62. The number of rotatable bonds is 2. The van der Waals surface area contributed by atoms with Gasteiger partial charge in [0.15, 0.2) is 11.5 Å². The molecular weight excluding hydrogens is 390 g/mol. The third kappa shape index (κ3) is 2.14. The molecule has 0 radical (unpaired) electrons. The number of benzene rings is 1. The molecule has 7 rings (SSSR count). The Hall–Kier alpha value is -1.30. The minimum atomic E-state index is -0.812. The number of phenols is 1. The molecule has 3 N–H and O–H groups in total. The van der Waals surface area contributed by atoms with E-state index in [2.05, 4.69) is 32.2 Å². The Kier molecular flexibility index (Phi) is 3.92. The predicted octanol–water partition coefficient (Wildman–Crippen LogP) is 3.54. The first-order chi connectivity index (χ1) is 14.6. The van der Waals surface area contributed by atoms with E-state index in [1.165, 1.54) is 11.1 Å². The van der Waals surface area contributed by atoms with Crippen LogP contribution in [0.1, 0.15) is 64.5 Å². The van der Waals surface area contributed by atoms with Crippen molar-refractivity contribution in [3.8, 4) is 11.5 Å². The van der Waals surface area contributed by atoms with Crippen molar-refractivity contribution in [2.75, 3.05) is 13.7 Å². The van der Waals surface area contributed by atoms with E-state index in [9.17, 15) is 10.2 Å². The summed E-state index contributed by atoms with van der Waals surface area (Å²) in [7, 11) is 1.81. The van der Waals surface area contributed by atoms with Crippen LogP contribution in [0.25, 0.3) is 0 Å². The molecule has 31 heavy (non-hydrogen) atoms. The monoisotopic (exact) mass is 427 g/mol. The second-order valence-electron chi connectivity index (χ2n) is 12.2. The summed E-state index contributed by atoms with van der Waals surface area (Å²) in [5.41, 5.74) is 1.37. The average Bonchev–Trinajstić information content (AvgIpc) is 2.92. The molecule has 6 aliphatic rings. The van der Waals surface area contributed by atoms with Gasteiger partial charge in [0.25, 0.3) is 0 Å². The van der Waals surface area contributed by atoms with Crippen LogP contribution in [0.2, 0.25) is 0 Å². The van der Waals surface area contributed by atoms with Crippen LogP contribution in [0.5, 0.6) is 11.5 Å². The van der Waals surface area contributed by atoms with Crippen LogP contribution >= 0.6 is 0 Å². The number of aliphatic hydroxyl groups is 1. The highest BCUT2D eigenvalue weighted by Gasteiger charge is 2.75. The fraction of sp³-hybridized carbons (Fsp3) is 0.769. The second kappa shape index (κ2) is 5.98. The lowest BCUT2D eigenvalue weighted by molar-refractivity contribution is -0.155. The molecule has 3 saturated carbocycles. The lowest BCUT2D eigenvalue weighted by Crippen LogP contribution is -2.69. The number of phenolic OH excluding ortho intramolecular Hbond substituents is 1. The minimum Gasteiger partial charge on any atom is -0.504 e. The summed E-state index contributed by atoms with van der Waals surface area (Å²) >= 11 is 0. The van der Waals surface area contributed by atoms with E-state index in [4.69, 9.17) is 9.47 Å². The number of hydrogen-bond acceptors (Lipinski definition) is 5. The van der Waals surface area contributed by atoms with Gasteiger partial charge in [-0.3, -0.25) is 0 Å². The number of aromatic hydroxyl groups is 1. The zero-order chi connectivity index (χ0) is 22.0. The van der Waals surface area contributed by atoms with Crippen LogP contribution in [-0.2, 0) is 16.6 Å². The maximum atomic E-state index is 12.0. The van der Waals surface area contributed by atoms with Crippen molar-refractivity contribution in [1.29, 1.82) is 0 Å². The maximum absolute atomic E-state index is 12.0. The van der Waals surface area contributed by atoms with Gasteiger partial charge in [0.2, 0.25) is 0 Å². The molecule has 4 aliphatic carbocycles. The fourth-order valence-corrected chi connectivity index (χ4v) is 8.67. The smallest absolute Gasteiger partial charge is 0.165 e. The largest absolute Gasteiger partial charge is 0.504 e. The molecule has 2 aliphatic heterocycles. The summed E-state index contributed by atoms with van der Waals surface area (Å²) in [6, 6.07) is 4.28. The predicted molar refractivity (Wildman–Crippen MR) is 118 cm³/mol. The molecule has 1 saturated heterocycles. The van der Waals surface area contributed by atoms with E-state index in [1.807, 2.05) is 14.0 Å². The van der Waals surface area contributed by atoms with Gasteiger partial charge < -0.3 is 25.0 Å². The highest BCUT2D eigenvalue weighted by atomic mass is 16.5. The molecule has 2 spiro atoms. The molecule has 5 heteroatoms. The Morgan fingerprint density at radius 3 is 2.68 bits per heavy atom. The van der Waals surface area contributed by atoms with Gasteiger partial charge in [0, 0.05) is 24.1 Å². The Morgan fingerprint density at radius 1 is 1.19 bits per heavy atom. The number of piperidine rings is 1. The Morgan fingerprint density at radius 2 is 1.97 bits per heavy atom. The molecule has 8 atom stereocenters. The molecule has 1 aromatic carbocycles. The zero-order valence-corrected chi connectivity index (χ0v) is 19.5. The van der Waals surface area contributed by atoms with Crippen molar-refractivity contribution < 1.29 is 19.7 Å². The minimum absolute atomic E-state index is 0.00560. The molecule has 170 valence electrons. The van der Waals surface area contributed by atoms with Crippen molar-refractivity contribution in [3.63, 3.8) is 0 Å². The molecule has 2 heterocycles. The summed E-state index contributed by atoms with van der Waals surface area (Å²) in [5.74, 6) is 1.34. The number of hydrogen-bond donors (Lipinski definition) is 3. The molecule has 1 aromatic rings. The van der Waals surface area contributed by atoms with Crippen molar-refractivity contribution in [2.24, 2.45) is 22.7 Å². The topological polar surface area (TPSA) is 71.0 Å². The van der Waals surface area contributed by atoms with Crippen LogP contribution < -0.4 is 10.1 Å². The average molecular weight is 428 g/mol. The lowest BCUT2D eigenvalue weighted by Gasteiger charge is -2.63. The van der Waals surface area contributed by atoms with Crippen LogP contribution in [-0.4, -0.2) is 47.7 Å². The number of nitrogens with one attached hydrogen (secondary N) is 1. The van der Waals surface area contributed by atoms with E-state index >= 15 is 0 Å². The summed E-state index contributed by atoms with van der Waals surface area (Å²) in [6.45, 7) is 9.49. The quantitative estimate of drug-likeness (QED) is 0.674. The number of methoxy groups -OCH3 is 1. The Bertz CT molecular complexity index is 936. The fourth-order valence-electron chi connectivity index (χ4n) is 8.67. The normalized spacial score (nSPS) is 44.3. The Labute approximate surface area is 185 Å². The molecule has 5 nitrogen and oxygen atoms in total. The van der Waals surface area contributed by atoms with Crippen LogP contribution in [0, 0.1) is 22.7 Å². The lowest BCUT2D eigenvalue weighted by atomic mass is 9.43. The first kappa shape index (κ1) is 20.3. The number of fused-ring (bicyclic) bond motifs is 2. The summed E-state index contributed by atoms with van der Waals surface area (Å²) < 4.78 is 13.0. The van der Waals surface area contributed by atoms with E-state index in [-0.39, 0.29) is 46.0 Å². The molecule has 0 amide bonds. The van der Waals surface area contributed by atoms with Crippen molar-refractivity contribution in [1.82, 2.24) is 5.32 Å². The van der Waals surface area contributed by atoms with Gasteiger partial charge >= 0.3 is 0 Å². The third-order valence-electron chi connectivity index (χ3n) is 10.5. The highest BCUT2D eigenvalue weighted by Crippen LogP contribution is 2.73. The first-order valence-electron chi connectivity index (χ1n) is 12.1. The molecule has 2 unspecified atom stereocenters. The van der Waals surface area contributed by atoms with Crippen molar-refractivity contribution >= 4 is 0 Å². The van der Waals surface area contributed by atoms with Crippen LogP contribution in [0.15, 0.2) is 12.1 Å². The zero-order valence-electron chi connectivity index (χ0n) is 19.5. The van der Waals surface area contributed by atoms with Gasteiger partial charge in [-0.05, 0) is 79.9 Å². The summed E-state index contributed by atoms with van der Waals surface area (Å²) in [4.78, 5) is 0.